The van der Waals surface area contributed by atoms with E-state index < -0.39 is 6.03 Å². The Kier molecular flexibility index (Phi) is 4.22. The van der Waals surface area contributed by atoms with E-state index in [1.165, 1.54) is 5.56 Å². The Bertz CT molecular complexity index is 893. The molecule has 1 heterocycles. The highest BCUT2D eigenvalue weighted by atomic mass is 32.1. The molecule has 0 radical (unpaired) electrons. The van der Waals surface area contributed by atoms with Crippen molar-refractivity contribution in [2.24, 2.45) is 0 Å². The van der Waals surface area contributed by atoms with Gasteiger partial charge in [-0.2, -0.15) is 5.26 Å². The SMILES string of the molecule is Cc1ccc2nc(-c3ccc(NC(=O)NCC#N)cc3)sc2c1. The smallest absolute Gasteiger partial charge is 0.320 e. The average molecular weight is 322 g/mol. The van der Waals surface area contributed by atoms with Gasteiger partial charge in [0.15, 0.2) is 0 Å². The summed E-state index contributed by atoms with van der Waals surface area (Å²) < 4.78 is 1.16. The van der Waals surface area contributed by atoms with E-state index in [1.807, 2.05) is 36.4 Å². The van der Waals surface area contributed by atoms with Crippen LogP contribution in [0.5, 0.6) is 0 Å². The Morgan fingerprint density at radius 2 is 2.04 bits per heavy atom. The van der Waals surface area contributed by atoms with Crippen LogP contribution in [0.4, 0.5) is 10.5 Å². The van der Waals surface area contributed by atoms with Crippen LogP contribution in [0.2, 0.25) is 0 Å². The van der Waals surface area contributed by atoms with Gasteiger partial charge in [0.1, 0.15) is 11.6 Å². The highest BCUT2D eigenvalue weighted by Gasteiger charge is 2.07. The molecular formula is C17H14N4OS. The highest BCUT2D eigenvalue weighted by Crippen LogP contribution is 2.31. The fourth-order valence-corrected chi connectivity index (χ4v) is 3.22. The van der Waals surface area contributed by atoms with Gasteiger partial charge in [-0.25, -0.2) is 9.78 Å². The van der Waals surface area contributed by atoms with Crippen molar-refractivity contribution in [1.29, 1.82) is 5.26 Å². The number of rotatable bonds is 3. The van der Waals surface area contributed by atoms with E-state index in [4.69, 9.17) is 5.26 Å². The van der Waals surface area contributed by atoms with Crippen molar-refractivity contribution in [3.63, 3.8) is 0 Å². The lowest BCUT2D eigenvalue weighted by Gasteiger charge is -2.05. The first kappa shape index (κ1) is 15.0. The van der Waals surface area contributed by atoms with Gasteiger partial charge in [-0.15, -0.1) is 11.3 Å². The standard InChI is InChI=1S/C17H14N4OS/c1-11-2-7-14-15(10-11)23-16(21-14)12-3-5-13(6-4-12)20-17(22)19-9-8-18/h2-7,10H,9H2,1H3,(H2,19,20,22). The Balaban J connectivity index is 1.78. The number of urea groups is 1. The number of aryl methyl sites for hydroxylation is 1. The second kappa shape index (κ2) is 6.46. The summed E-state index contributed by atoms with van der Waals surface area (Å²) in [6.07, 6.45) is 0. The van der Waals surface area contributed by atoms with Crippen molar-refractivity contribution >= 4 is 33.3 Å². The number of amides is 2. The van der Waals surface area contributed by atoms with E-state index in [2.05, 4.69) is 34.7 Å². The zero-order valence-electron chi connectivity index (χ0n) is 12.5. The number of nitriles is 1. The largest absolute Gasteiger partial charge is 0.325 e. The molecular weight excluding hydrogens is 308 g/mol. The molecule has 2 N–H and O–H groups in total. The molecule has 6 heteroatoms. The highest BCUT2D eigenvalue weighted by molar-refractivity contribution is 7.21. The third-order valence-corrected chi connectivity index (χ3v) is 4.33. The molecule has 0 aliphatic rings. The summed E-state index contributed by atoms with van der Waals surface area (Å²) in [6.45, 7) is 2.05. The molecule has 0 aliphatic carbocycles. The first-order chi connectivity index (χ1) is 11.2. The minimum atomic E-state index is -0.394. The quantitative estimate of drug-likeness (QED) is 0.717. The minimum Gasteiger partial charge on any atom is -0.325 e. The Morgan fingerprint density at radius 1 is 1.26 bits per heavy atom. The van der Waals surface area contributed by atoms with Crippen molar-refractivity contribution in [2.75, 3.05) is 11.9 Å². The number of nitrogens with one attached hydrogen (secondary N) is 2. The second-order valence-corrected chi connectivity index (χ2v) is 6.06. The first-order valence-electron chi connectivity index (χ1n) is 7.05. The summed E-state index contributed by atoms with van der Waals surface area (Å²) in [5.41, 5.74) is 3.89. The van der Waals surface area contributed by atoms with Crippen LogP contribution in [0, 0.1) is 18.3 Å². The maximum Gasteiger partial charge on any atom is 0.320 e. The Morgan fingerprint density at radius 3 is 2.78 bits per heavy atom. The van der Waals surface area contributed by atoms with Crippen molar-refractivity contribution in [3.8, 4) is 16.6 Å². The average Bonchev–Trinajstić information content (AvgIpc) is 2.96. The van der Waals surface area contributed by atoms with Crippen LogP contribution >= 0.6 is 11.3 Å². The lowest BCUT2D eigenvalue weighted by Crippen LogP contribution is -2.28. The zero-order valence-corrected chi connectivity index (χ0v) is 13.3. The zero-order chi connectivity index (χ0) is 16.2. The van der Waals surface area contributed by atoms with Gasteiger partial charge in [0.25, 0.3) is 0 Å². The number of nitrogens with zero attached hydrogens (tertiary/aromatic N) is 2. The molecule has 0 spiro atoms. The number of hydrogen-bond acceptors (Lipinski definition) is 4. The van der Waals surface area contributed by atoms with E-state index in [9.17, 15) is 4.79 Å². The van der Waals surface area contributed by atoms with Crippen LogP contribution < -0.4 is 10.6 Å². The molecule has 0 saturated carbocycles. The maximum atomic E-state index is 11.5. The Hall–Kier alpha value is -2.91. The summed E-state index contributed by atoms with van der Waals surface area (Å²) >= 11 is 1.65. The predicted molar refractivity (Wildman–Crippen MR) is 92.4 cm³/mol. The molecule has 2 amide bonds. The van der Waals surface area contributed by atoms with Gasteiger partial charge in [0.05, 0.1) is 16.3 Å². The molecule has 3 rings (SSSR count). The molecule has 23 heavy (non-hydrogen) atoms. The number of fused-ring (bicyclic) bond motifs is 1. The molecule has 0 fully saturated rings. The molecule has 114 valence electrons. The van der Waals surface area contributed by atoms with Crippen LogP contribution in [0.1, 0.15) is 5.56 Å². The van der Waals surface area contributed by atoms with Gasteiger partial charge in [-0.1, -0.05) is 6.07 Å². The van der Waals surface area contributed by atoms with Crippen LogP contribution in [0.3, 0.4) is 0 Å². The Labute approximate surface area is 137 Å². The first-order valence-corrected chi connectivity index (χ1v) is 7.87. The predicted octanol–water partition coefficient (Wildman–Crippen LogP) is 3.92. The van der Waals surface area contributed by atoms with Gasteiger partial charge in [0.2, 0.25) is 0 Å². The number of benzene rings is 2. The van der Waals surface area contributed by atoms with E-state index >= 15 is 0 Å². The van der Waals surface area contributed by atoms with Gasteiger partial charge in [-0.05, 0) is 48.9 Å². The lowest BCUT2D eigenvalue weighted by atomic mass is 10.2. The van der Waals surface area contributed by atoms with Crippen LogP contribution in [0.15, 0.2) is 42.5 Å². The maximum absolute atomic E-state index is 11.5. The van der Waals surface area contributed by atoms with Crippen LogP contribution in [-0.4, -0.2) is 17.6 Å². The summed E-state index contributed by atoms with van der Waals surface area (Å²) in [5.74, 6) is 0. The normalized spacial score (nSPS) is 10.3. The lowest BCUT2D eigenvalue weighted by molar-refractivity contribution is 0.253. The molecule has 1 aromatic heterocycles. The second-order valence-electron chi connectivity index (χ2n) is 5.03. The molecule has 0 atom stereocenters. The monoisotopic (exact) mass is 322 g/mol. The fraction of sp³-hybridized carbons (Fsp3) is 0.118. The van der Waals surface area contributed by atoms with Crippen molar-refractivity contribution < 1.29 is 4.79 Å². The third-order valence-electron chi connectivity index (χ3n) is 3.26. The van der Waals surface area contributed by atoms with Crippen LogP contribution in [0.25, 0.3) is 20.8 Å². The van der Waals surface area contributed by atoms with Gasteiger partial charge < -0.3 is 10.6 Å². The molecule has 3 aromatic rings. The van der Waals surface area contributed by atoms with E-state index in [1.54, 1.807) is 11.3 Å². The third kappa shape index (κ3) is 3.47. The van der Waals surface area contributed by atoms with Gasteiger partial charge in [-0.3, -0.25) is 0 Å². The number of carbonyl (C=O) groups excluding carboxylic acids is 1. The topological polar surface area (TPSA) is 77.8 Å². The number of carbonyl (C=O) groups is 1. The van der Waals surface area contributed by atoms with E-state index in [-0.39, 0.29) is 6.54 Å². The van der Waals surface area contributed by atoms with Crippen molar-refractivity contribution in [1.82, 2.24) is 10.3 Å². The van der Waals surface area contributed by atoms with Gasteiger partial charge in [0, 0.05) is 11.3 Å². The van der Waals surface area contributed by atoms with Crippen molar-refractivity contribution in [2.45, 2.75) is 6.92 Å². The van der Waals surface area contributed by atoms with E-state index in [0.717, 1.165) is 20.8 Å². The summed E-state index contributed by atoms with van der Waals surface area (Å²) in [7, 11) is 0. The van der Waals surface area contributed by atoms with Crippen molar-refractivity contribution in [3.05, 3.63) is 48.0 Å². The number of aromatic nitrogens is 1. The number of anilines is 1. The fourth-order valence-electron chi connectivity index (χ4n) is 2.15. The molecule has 0 bridgehead atoms. The van der Waals surface area contributed by atoms with E-state index in [0.29, 0.717) is 5.69 Å². The summed E-state index contributed by atoms with van der Waals surface area (Å²) in [6, 6.07) is 15.2. The van der Waals surface area contributed by atoms with Gasteiger partial charge >= 0.3 is 6.03 Å². The minimum absolute atomic E-state index is 0.0188. The molecule has 5 nitrogen and oxygen atoms in total. The van der Waals surface area contributed by atoms with Crippen LogP contribution in [-0.2, 0) is 0 Å². The molecule has 0 aliphatic heterocycles. The number of hydrogen-bond donors (Lipinski definition) is 2. The number of thiazole rings is 1. The molecule has 2 aromatic carbocycles. The summed E-state index contributed by atoms with van der Waals surface area (Å²) in [5, 5.41) is 14.5. The molecule has 0 unspecified atom stereocenters. The summed E-state index contributed by atoms with van der Waals surface area (Å²) in [4.78, 5) is 16.1. The molecule has 0 saturated heterocycles.